The van der Waals surface area contributed by atoms with E-state index in [1.807, 2.05) is 12.1 Å². The molecule has 0 N–H and O–H groups in total. The summed E-state index contributed by atoms with van der Waals surface area (Å²) in [5.74, 6) is 1.72. The molecule has 292 valence electrons. The second-order valence-corrected chi connectivity index (χ2v) is 16.3. The molecule has 63 heavy (non-hydrogen) atoms. The molecule has 0 saturated heterocycles. The van der Waals surface area contributed by atoms with Gasteiger partial charge in [0.2, 0.25) is 0 Å². The first kappa shape index (κ1) is 35.3. The van der Waals surface area contributed by atoms with Crippen molar-refractivity contribution in [1.29, 1.82) is 0 Å². The van der Waals surface area contributed by atoms with E-state index in [1.54, 1.807) is 0 Å². The molecule has 13 aromatic rings. The van der Waals surface area contributed by atoms with Gasteiger partial charge >= 0.3 is 0 Å². The Morgan fingerprint density at radius 3 is 1.54 bits per heavy atom. The summed E-state index contributed by atoms with van der Waals surface area (Å²) >= 11 is 0. The number of para-hydroxylation sites is 2. The lowest BCUT2D eigenvalue weighted by Gasteiger charge is -2.18. The molecule has 0 aliphatic carbocycles. The minimum absolute atomic E-state index is 0.541. The molecule has 0 aliphatic rings. The number of furan rings is 1. The standard InChI is InChI=1S/C59H35N3O/c1-2-17-39-34-41(29-28-36(39)14-1)45-32-30-37-15-3-7-20-43(37)54(45)58-60-57(51-26-13-25-50-48-24-11-12-27-53(48)63-56(50)51)61-59(62-58)55-44-21-8-4-16-38(44)31-33-49(55)52-35-40-18-5-6-19-42(40)46-22-9-10-23-47(46)52/h1-35H. The fraction of sp³-hybridized carbons (Fsp3) is 0. The third-order valence-corrected chi connectivity index (χ3v) is 12.7. The van der Waals surface area contributed by atoms with Crippen LogP contribution in [0, 0.1) is 0 Å². The van der Waals surface area contributed by atoms with Crippen molar-refractivity contribution in [3.05, 3.63) is 212 Å². The summed E-state index contributed by atoms with van der Waals surface area (Å²) in [5.41, 5.74) is 8.57. The smallest absolute Gasteiger partial charge is 0.167 e. The van der Waals surface area contributed by atoms with Crippen molar-refractivity contribution < 1.29 is 4.42 Å². The number of benzene rings is 11. The molecule has 4 heteroatoms. The Hall–Kier alpha value is -8.47. The van der Waals surface area contributed by atoms with Gasteiger partial charge in [0.25, 0.3) is 0 Å². The zero-order valence-corrected chi connectivity index (χ0v) is 34.0. The summed E-state index contributed by atoms with van der Waals surface area (Å²) in [6.45, 7) is 0. The zero-order chi connectivity index (χ0) is 41.4. The molecule has 2 aromatic heterocycles. The van der Waals surface area contributed by atoms with Crippen LogP contribution in [0.2, 0.25) is 0 Å². The average Bonchev–Trinajstić information content (AvgIpc) is 3.74. The van der Waals surface area contributed by atoms with Gasteiger partial charge in [-0.2, -0.15) is 0 Å². The Morgan fingerprint density at radius 1 is 0.270 bits per heavy atom. The molecule has 4 nitrogen and oxygen atoms in total. The lowest BCUT2D eigenvalue weighted by Crippen LogP contribution is -2.03. The minimum atomic E-state index is 0.541. The molecule has 0 bridgehead atoms. The molecule has 0 spiro atoms. The zero-order valence-electron chi connectivity index (χ0n) is 34.0. The summed E-state index contributed by atoms with van der Waals surface area (Å²) in [5, 5.41) is 13.5. The molecule has 0 unspecified atom stereocenters. The first-order valence-corrected chi connectivity index (χ1v) is 21.3. The largest absolute Gasteiger partial charge is 0.455 e. The number of fused-ring (bicyclic) bond motifs is 9. The molecule has 0 saturated carbocycles. The topological polar surface area (TPSA) is 51.8 Å². The summed E-state index contributed by atoms with van der Waals surface area (Å²) in [6.07, 6.45) is 0. The van der Waals surface area contributed by atoms with Crippen LogP contribution in [0.4, 0.5) is 0 Å². The van der Waals surface area contributed by atoms with Gasteiger partial charge in [-0.15, -0.1) is 0 Å². The lowest BCUT2D eigenvalue weighted by molar-refractivity contribution is 0.669. The van der Waals surface area contributed by atoms with Crippen molar-refractivity contribution in [2.45, 2.75) is 0 Å². The van der Waals surface area contributed by atoms with Crippen LogP contribution in [0.1, 0.15) is 0 Å². The second kappa shape index (κ2) is 14.1. The van der Waals surface area contributed by atoms with Gasteiger partial charge in [-0.3, -0.25) is 0 Å². The summed E-state index contributed by atoms with van der Waals surface area (Å²) in [4.78, 5) is 16.7. The first-order valence-electron chi connectivity index (χ1n) is 21.3. The SMILES string of the molecule is c1ccc2cc(-c3ccc4ccccc4c3-c3nc(-c4c(-c5cc6ccccc6c6ccccc56)ccc5ccccc45)nc(-c4cccc5c4oc4ccccc45)n3)ccc2c1. The fourth-order valence-corrected chi connectivity index (χ4v) is 9.77. The van der Waals surface area contributed by atoms with E-state index in [-0.39, 0.29) is 0 Å². The average molecular weight is 802 g/mol. The maximum absolute atomic E-state index is 6.69. The minimum Gasteiger partial charge on any atom is -0.455 e. The van der Waals surface area contributed by atoms with Gasteiger partial charge in [0.15, 0.2) is 17.5 Å². The molecule has 0 fully saturated rings. The second-order valence-electron chi connectivity index (χ2n) is 16.3. The Balaban J connectivity index is 1.17. The van der Waals surface area contributed by atoms with Gasteiger partial charge in [0, 0.05) is 21.9 Å². The van der Waals surface area contributed by atoms with E-state index >= 15 is 0 Å². The maximum atomic E-state index is 6.69. The molecule has 0 amide bonds. The highest BCUT2D eigenvalue weighted by Gasteiger charge is 2.24. The van der Waals surface area contributed by atoms with E-state index in [9.17, 15) is 0 Å². The molecule has 2 heterocycles. The van der Waals surface area contributed by atoms with Crippen molar-refractivity contribution >= 4 is 75.8 Å². The monoisotopic (exact) mass is 801 g/mol. The van der Waals surface area contributed by atoms with Gasteiger partial charge in [0.1, 0.15) is 11.2 Å². The Morgan fingerprint density at radius 2 is 0.794 bits per heavy atom. The first-order chi connectivity index (χ1) is 31.2. The van der Waals surface area contributed by atoms with E-state index in [2.05, 4.69) is 200 Å². The predicted molar refractivity (Wildman–Crippen MR) is 262 cm³/mol. The third-order valence-electron chi connectivity index (χ3n) is 12.7. The van der Waals surface area contributed by atoms with E-state index < -0.39 is 0 Å². The van der Waals surface area contributed by atoms with Crippen LogP contribution >= 0.6 is 0 Å². The molecule has 0 radical (unpaired) electrons. The van der Waals surface area contributed by atoms with Gasteiger partial charge in [-0.05, 0) is 100 Å². The molecular weight excluding hydrogens is 767 g/mol. The van der Waals surface area contributed by atoms with Gasteiger partial charge in [-0.1, -0.05) is 188 Å². The van der Waals surface area contributed by atoms with Crippen LogP contribution in [0.3, 0.4) is 0 Å². The Bertz CT molecular complexity index is 4000. The maximum Gasteiger partial charge on any atom is 0.167 e. The van der Waals surface area contributed by atoms with Crippen LogP contribution in [-0.4, -0.2) is 15.0 Å². The highest BCUT2D eigenvalue weighted by molar-refractivity contribution is 6.17. The van der Waals surface area contributed by atoms with E-state index in [4.69, 9.17) is 19.4 Å². The number of nitrogens with zero attached hydrogens (tertiary/aromatic N) is 3. The van der Waals surface area contributed by atoms with Crippen molar-refractivity contribution in [1.82, 2.24) is 15.0 Å². The fourth-order valence-electron chi connectivity index (χ4n) is 9.77. The third kappa shape index (κ3) is 5.66. The molecule has 13 rings (SSSR count). The molecule has 0 atom stereocenters. The Labute approximate surface area is 362 Å². The lowest BCUT2D eigenvalue weighted by atomic mass is 9.88. The van der Waals surface area contributed by atoms with Crippen LogP contribution < -0.4 is 0 Å². The summed E-state index contributed by atoms with van der Waals surface area (Å²) in [6, 6.07) is 75.3. The normalized spacial score (nSPS) is 11.8. The van der Waals surface area contributed by atoms with Crippen molar-refractivity contribution in [2.75, 3.05) is 0 Å². The van der Waals surface area contributed by atoms with Crippen molar-refractivity contribution in [3.63, 3.8) is 0 Å². The van der Waals surface area contributed by atoms with Gasteiger partial charge in [-0.25, -0.2) is 15.0 Å². The highest BCUT2D eigenvalue weighted by atomic mass is 16.3. The van der Waals surface area contributed by atoms with Crippen LogP contribution in [0.5, 0.6) is 0 Å². The van der Waals surface area contributed by atoms with E-state index in [0.717, 1.165) is 82.4 Å². The molecule has 11 aromatic carbocycles. The summed E-state index contributed by atoms with van der Waals surface area (Å²) < 4.78 is 6.69. The van der Waals surface area contributed by atoms with Crippen LogP contribution in [0.15, 0.2) is 217 Å². The van der Waals surface area contributed by atoms with E-state index in [1.165, 1.54) is 32.3 Å². The molecular formula is C59H35N3O. The number of rotatable bonds is 5. The number of aromatic nitrogens is 3. The van der Waals surface area contributed by atoms with Crippen molar-refractivity contribution in [3.8, 4) is 56.4 Å². The Kier molecular flexibility index (Phi) is 7.87. The van der Waals surface area contributed by atoms with E-state index in [0.29, 0.717) is 17.5 Å². The number of hydrogen-bond donors (Lipinski definition) is 0. The highest BCUT2D eigenvalue weighted by Crippen LogP contribution is 2.45. The van der Waals surface area contributed by atoms with Crippen molar-refractivity contribution in [2.24, 2.45) is 0 Å². The van der Waals surface area contributed by atoms with Crippen LogP contribution in [0.25, 0.3) is 132 Å². The number of hydrogen-bond acceptors (Lipinski definition) is 4. The van der Waals surface area contributed by atoms with Gasteiger partial charge < -0.3 is 4.42 Å². The summed E-state index contributed by atoms with van der Waals surface area (Å²) in [7, 11) is 0. The predicted octanol–water partition coefficient (Wildman–Crippen LogP) is 15.9. The molecule has 0 aliphatic heterocycles. The van der Waals surface area contributed by atoms with Crippen LogP contribution in [-0.2, 0) is 0 Å². The quantitative estimate of drug-likeness (QED) is 0.163. The van der Waals surface area contributed by atoms with Gasteiger partial charge in [0.05, 0.1) is 5.56 Å².